The first-order chi connectivity index (χ1) is 8.67. The van der Waals surface area contributed by atoms with Crippen LogP contribution in [0.3, 0.4) is 0 Å². The predicted octanol–water partition coefficient (Wildman–Crippen LogP) is 1.80. The molecule has 1 atom stereocenters. The zero-order valence-electron chi connectivity index (χ0n) is 11.3. The minimum absolute atomic E-state index is 0.0726. The Bertz CT molecular complexity index is 345. The first-order valence-corrected chi connectivity index (χ1v) is 6.24. The van der Waals surface area contributed by atoms with Gasteiger partial charge in [0.05, 0.1) is 12.3 Å². The molecule has 1 rings (SSSR count). The number of nitrogens with one attached hydrogen (secondary N) is 1. The van der Waals surface area contributed by atoms with Gasteiger partial charge in [-0.05, 0) is 38.3 Å². The molecule has 0 bridgehead atoms. The molecule has 0 amide bonds. The Hall–Kier alpha value is -1.17. The van der Waals surface area contributed by atoms with Crippen molar-refractivity contribution in [3.05, 3.63) is 24.0 Å². The van der Waals surface area contributed by atoms with Crippen molar-refractivity contribution >= 4 is 0 Å². The quantitative estimate of drug-likeness (QED) is 0.420. The lowest BCUT2D eigenvalue weighted by molar-refractivity contribution is 0.188. The Balaban J connectivity index is 2.66. The largest absolute Gasteiger partial charge is 0.489 e. The average Bonchev–Trinajstić information content (AvgIpc) is 2.34. The van der Waals surface area contributed by atoms with Crippen molar-refractivity contribution in [3.8, 4) is 5.75 Å². The number of hydrazine groups is 1. The van der Waals surface area contributed by atoms with E-state index >= 15 is 0 Å². The maximum Gasteiger partial charge on any atom is 0.138 e. The molecule has 0 saturated carbocycles. The van der Waals surface area contributed by atoms with Crippen molar-refractivity contribution in [2.75, 3.05) is 13.7 Å². The van der Waals surface area contributed by atoms with Crippen LogP contribution in [0.5, 0.6) is 5.75 Å². The lowest BCUT2D eigenvalue weighted by Crippen LogP contribution is -2.28. The van der Waals surface area contributed by atoms with Gasteiger partial charge in [0.1, 0.15) is 5.75 Å². The molecule has 0 fully saturated rings. The first kappa shape index (κ1) is 14.9. The monoisotopic (exact) mass is 253 g/mol. The molecular formula is C13H23N3O2. The maximum atomic E-state index is 5.62. The summed E-state index contributed by atoms with van der Waals surface area (Å²) < 4.78 is 10.7. The molecule has 1 aromatic heterocycles. The second kappa shape index (κ2) is 8.02. The molecule has 0 aliphatic heterocycles. The second-order valence-corrected chi connectivity index (χ2v) is 4.47. The minimum Gasteiger partial charge on any atom is -0.489 e. The summed E-state index contributed by atoms with van der Waals surface area (Å²) in [5.41, 5.74) is 3.84. The molecule has 0 spiro atoms. The summed E-state index contributed by atoms with van der Waals surface area (Å²) in [6.07, 6.45) is 5.51. The molecule has 1 aromatic rings. The third-order valence-corrected chi connectivity index (χ3v) is 2.55. The van der Waals surface area contributed by atoms with Crippen LogP contribution in [0.2, 0.25) is 0 Å². The van der Waals surface area contributed by atoms with Crippen LogP contribution < -0.4 is 16.0 Å². The first-order valence-electron chi connectivity index (χ1n) is 6.24. The number of nitrogens with two attached hydrogens (primary N) is 1. The molecule has 5 nitrogen and oxygen atoms in total. The van der Waals surface area contributed by atoms with Gasteiger partial charge in [0, 0.05) is 26.0 Å². The van der Waals surface area contributed by atoms with Crippen molar-refractivity contribution in [2.24, 2.45) is 5.84 Å². The van der Waals surface area contributed by atoms with Crippen LogP contribution in [0, 0.1) is 0 Å². The van der Waals surface area contributed by atoms with Crippen LogP contribution >= 0.6 is 0 Å². The lowest BCUT2D eigenvalue weighted by atomic mass is 10.0. The molecule has 1 heterocycles. The number of pyridine rings is 1. The molecular weight excluding hydrogens is 230 g/mol. The number of aromatic nitrogens is 1. The Labute approximate surface area is 109 Å². The number of hydrogen-bond donors (Lipinski definition) is 2. The van der Waals surface area contributed by atoms with Crippen molar-refractivity contribution in [1.82, 2.24) is 10.4 Å². The number of nitrogens with zero attached hydrogens (tertiary/aromatic N) is 1. The van der Waals surface area contributed by atoms with Gasteiger partial charge in [-0.3, -0.25) is 16.3 Å². The van der Waals surface area contributed by atoms with Crippen LogP contribution in [0.25, 0.3) is 0 Å². The van der Waals surface area contributed by atoms with Crippen LogP contribution in [-0.2, 0) is 4.74 Å². The number of rotatable bonds is 8. The van der Waals surface area contributed by atoms with Crippen molar-refractivity contribution in [3.63, 3.8) is 0 Å². The Morgan fingerprint density at radius 3 is 2.78 bits per heavy atom. The van der Waals surface area contributed by atoms with Crippen LogP contribution in [0.15, 0.2) is 18.5 Å². The zero-order valence-corrected chi connectivity index (χ0v) is 11.3. The van der Waals surface area contributed by atoms with E-state index < -0.39 is 0 Å². The van der Waals surface area contributed by atoms with Crippen molar-refractivity contribution in [1.29, 1.82) is 0 Å². The van der Waals surface area contributed by atoms with Gasteiger partial charge in [0.15, 0.2) is 0 Å². The highest BCUT2D eigenvalue weighted by molar-refractivity contribution is 5.26. The van der Waals surface area contributed by atoms with Crippen molar-refractivity contribution < 1.29 is 9.47 Å². The molecule has 102 valence electrons. The van der Waals surface area contributed by atoms with E-state index in [0.29, 0.717) is 0 Å². The van der Waals surface area contributed by atoms with Gasteiger partial charge < -0.3 is 9.47 Å². The van der Waals surface area contributed by atoms with Crippen LogP contribution in [0.4, 0.5) is 0 Å². The van der Waals surface area contributed by atoms with E-state index in [1.807, 2.05) is 26.1 Å². The molecule has 0 radical (unpaired) electrons. The topological polar surface area (TPSA) is 69.4 Å². The van der Waals surface area contributed by atoms with E-state index in [2.05, 4.69) is 10.4 Å². The summed E-state index contributed by atoms with van der Waals surface area (Å²) in [7, 11) is 1.70. The number of hydrogen-bond acceptors (Lipinski definition) is 5. The summed E-state index contributed by atoms with van der Waals surface area (Å²) in [6, 6.07) is 2.05. The molecule has 0 saturated heterocycles. The zero-order chi connectivity index (χ0) is 13.4. The van der Waals surface area contributed by atoms with E-state index in [1.54, 1.807) is 13.3 Å². The summed E-state index contributed by atoms with van der Waals surface area (Å²) >= 11 is 0. The number of ether oxygens (including phenoxy) is 2. The SMILES string of the molecule is COCCCC(NN)c1cncc(OC(C)C)c1. The van der Waals surface area contributed by atoms with Gasteiger partial charge in [-0.15, -0.1) is 0 Å². The van der Waals surface area contributed by atoms with Gasteiger partial charge in [-0.2, -0.15) is 0 Å². The Morgan fingerprint density at radius 1 is 1.39 bits per heavy atom. The highest BCUT2D eigenvalue weighted by Gasteiger charge is 2.11. The summed E-state index contributed by atoms with van der Waals surface area (Å²) in [5, 5.41) is 0. The minimum atomic E-state index is 0.0726. The van der Waals surface area contributed by atoms with Gasteiger partial charge >= 0.3 is 0 Å². The summed E-state index contributed by atoms with van der Waals surface area (Å²) in [6.45, 7) is 4.71. The fourth-order valence-electron chi connectivity index (χ4n) is 1.74. The molecule has 3 N–H and O–H groups in total. The second-order valence-electron chi connectivity index (χ2n) is 4.47. The molecule has 0 aliphatic carbocycles. The molecule has 1 unspecified atom stereocenters. The maximum absolute atomic E-state index is 5.62. The Kier molecular flexibility index (Phi) is 6.64. The van der Waals surface area contributed by atoms with Crippen LogP contribution in [-0.4, -0.2) is 24.8 Å². The molecule has 18 heavy (non-hydrogen) atoms. The highest BCUT2D eigenvalue weighted by Crippen LogP contribution is 2.21. The van der Waals surface area contributed by atoms with Gasteiger partial charge in [0.25, 0.3) is 0 Å². The fourth-order valence-corrected chi connectivity index (χ4v) is 1.74. The van der Waals surface area contributed by atoms with E-state index in [1.165, 1.54) is 0 Å². The third-order valence-electron chi connectivity index (χ3n) is 2.55. The van der Waals surface area contributed by atoms with E-state index in [0.717, 1.165) is 30.8 Å². The van der Waals surface area contributed by atoms with E-state index in [4.69, 9.17) is 15.3 Å². The standard InChI is InChI=1S/C13H23N3O2/c1-10(2)18-12-7-11(8-15-9-12)13(16-14)5-4-6-17-3/h7-10,13,16H,4-6,14H2,1-3H3. The Morgan fingerprint density at radius 2 is 2.17 bits per heavy atom. The molecule has 5 heteroatoms. The summed E-state index contributed by atoms with van der Waals surface area (Å²) in [4.78, 5) is 4.18. The summed E-state index contributed by atoms with van der Waals surface area (Å²) in [5.74, 6) is 6.35. The van der Waals surface area contributed by atoms with Crippen LogP contribution in [0.1, 0.15) is 38.3 Å². The van der Waals surface area contributed by atoms with Gasteiger partial charge in [0.2, 0.25) is 0 Å². The van der Waals surface area contributed by atoms with Gasteiger partial charge in [-0.25, -0.2) is 0 Å². The molecule has 0 aliphatic rings. The van der Waals surface area contributed by atoms with Gasteiger partial charge in [-0.1, -0.05) is 0 Å². The third kappa shape index (κ3) is 5.00. The molecule has 0 aromatic carbocycles. The highest BCUT2D eigenvalue weighted by atomic mass is 16.5. The lowest BCUT2D eigenvalue weighted by Gasteiger charge is -2.17. The smallest absolute Gasteiger partial charge is 0.138 e. The van der Waals surface area contributed by atoms with Crippen molar-refractivity contribution in [2.45, 2.75) is 38.8 Å². The van der Waals surface area contributed by atoms with E-state index in [-0.39, 0.29) is 12.1 Å². The van der Waals surface area contributed by atoms with E-state index in [9.17, 15) is 0 Å². The fraction of sp³-hybridized carbons (Fsp3) is 0.615. The number of methoxy groups -OCH3 is 1. The normalized spacial score (nSPS) is 12.7. The average molecular weight is 253 g/mol. The predicted molar refractivity (Wildman–Crippen MR) is 71.2 cm³/mol.